The summed E-state index contributed by atoms with van der Waals surface area (Å²) in [5.41, 5.74) is -1.72. The zero-order valence-electron chi connectivity index (χ0n) is 37.1. The van der Waals surface area contributed by atoms with Crippen molar-refractivity contribution < 1.29 is 26.6 Å². The molecule has 0 atom stereocenters. The molecule has 0 amide bonds. The third kappa shape index (κ3) is 17.1. The predicted molar refractivity (Wildman–Crippen MR) is 227 cm³/mol. The summed E-state index contributed by atoms with van der Waals surface area (Å²) in [7, 11) is -7.93. The molecule has 0 aliphatic rings. The summed E-state index contributed by atoms with van der Waals surface area (Å²) in [6, 6.07) is 4.37. The zero-order valence-corrected chi connectivity index (χ0v) is 40.1. The van der Waals surface area contributed by atoms with Crippen molar-refractivity contribution in [2.45, 2.75) is 235 Å². The number of hydrogen-bond donors (Lipinski definition) is 0. The topological polar surface area (TPSA) is 121 Å². The van der Waals surface area contributed by atoms with Crippen molar-refractivity contribution in [3.63, 3.8) is 0 Å². The molecule has 1 aromatic rings. The van der Waals surface area contributed by atoms with Gasteiger partial charge in [0, 0.05) is 56.3 Å². The van der Waals surface area contributed by atoms with Crippen LogP contribution in [0.1, 0.15) is 142 Å². The maximum atomic E-state index is 14.2. The quantitative estimate of drug-likeness (QED) is 0.0705. The summed E-state index contributed by atoms with van der Waals surface area (Å²) in [5, 5.41) is 0. The van der Waals surface area contributed by atoms with Gasteiger partial charge in [0.05, 0.1) is 0 Å². The maximum Gasteiger partial charge on any atom is 0.338 e. The van der Waals surface area contributed by atoms with Crippen LogP contribution in [0.4, 0.5) is 0 Å². The van der Waals surface area contributed by atoms with E-state index in [1.54, 1.807) is 0 Å². The van der Waals surface area contributed by atoms with E-state index in [0.717, 1.165) is 37.4 Å². The van der Waals surface area contributed by atoms with E-state index >= 15 is 0 Å². The minimum Gasteiger partial charge on any atom is -0.392 e. The molecule has 0 saturated carbocycles. The zero-order chi connectivity index (χ0) is 41.3. The monoisotopic (exact) mass is 820 g/mol. The summed E-state index contributed by atoms with van der Waals surface area (Å²) < 4.78 is 42.9. The van der Waals surface area contributed by atoms with Crippen molar-refractivity contribution in [1.29, 1.82) is 0 Å². The molecule has 318 valence electrons. The molecule has 0 radical (unpaired) electrons. The van der Waals surface area contributed by atoms with Crippen molar-refractivity contribution in [3.8, 4) is 0 Å². The average molecular weight is 820 g/mol. The highest BCUT2D eigenvalue weighted by atomic mass is 28.4. The molecule has 0 aliphatic heterocycles. The second-order valence-electron chi connectivity index (χ2n) is 16.6. The van der Waals surface area contributed by atoms with E-state index in [9.17, 15) is 14.4 Å². The largest absolute Gasteiger partial charge is 0.392 e. The molecule has 0 fully saturated rings. The molecule has 0 unspecified atom stereocenters. The van der Waals surface area contributed by atoms with Gasteiger partial charge in [-0.05, 0) is 139 Å². The number of aromatic nitrogens is 3. The van der Waals surface area contributed by atoms with Crippen LogP contribution in [0.15, 0.2) is 14.4 Å². The van der Waals surface area contributed by atoms with Gasteiger partial charge in [0.2, 0.25) is 0 Å². The Labute approximate surface area is 331 Å². The number of rotatable bonds is 30. The van der Waals surface area contributed by atoms with Crippen LogP contribution in [0.3, 0.4) is 0 Å². The lowest BCUT2D eigenvalue weighted by atomic mass is 10.4. The van der Waals surface area contributed by atoms with Crippen LogP contribution in [0.25, 0.3) is 0 Å². The fourth-order valence-corrected chi connectivity index (χ4v) is 19.5. The Morgan fingerprint density at radius 3 is 0.704 bits per heavy atom. The molecule has 54 heavy (non-hydrogen) atoms. The van der Waals surface area contributed by atoms with E-state index in [-0.39, 0.29) is 56.3 Å². The molecule has 1 rings (SSSR count). The van der Waals surface area contributed by atoms with Crippen LogP contribution in [0.5, 0.6) is 0 Å². The third-order valence-electron chi connectivity index (χ3n) is 8.80. The molecule has 0 aliphatic carbocycles. The molecule has 0 saturated heterocycles. The highest BCUT2D eigenvalue weighted by Gasteiger charge is 2.41. The van der Waals surface area contributed by atoms with Gasteiger partial charge in [-0.25, -0.2) is 28.1 Å². The van der Waals surface area contributed by atoms with Gasteiger partial charge in [-0.2, -0.15) is 0 Å². The number of hydrogen-bond acceptors (Lipinski definition) is 9. The standard InChI is InChI=1S/C39H81N3O9Si3/c1-16-25-52(46-31(4)5,47-32(6)7)28-19-22-40-37(43)41(23-20-29-53(26-17-2,48-33(8)9)49-34(10)11)39(45)42(38(40)44)24-21-30-54(27-18-3,50-35(12)13)51-36(14)15/h31-36H,16-30H2,1-15H3. The van der Waals surface area contributed by atoms with Gasteiger partial charge in [-0.1, -0.05) is 40.0 Å². The smallest absolute Gasteiger partial charge is 0.338 e. The highest BCUT2D eigenvalue weighted by molar-refractivity contribution is 6.68. The maximum absolute atomic E-state index is 14.2. The van der Waals surface area contributed by atoms with Gasteiger partial charge in [0.25, 0.3) is 0 Å². The van der Waals surface area contributed by atoms with E-state index in [0.29, 0.717) is 37.4 Å². The Morgan fingerprint density at radius 2 is 0.556 bits per heavy atom. The molecular formula is C39H81N3O9Si3. The molecule has 1 heterocycles. The van der Waals surface area contributed by atoms with Gasteiger partial charge >= 0.3 is 42.8 Å². The van der Waals surface area contributed by atoms with E-state index in [1.807, 2.05) is 83.1 Å². The van der Waals surface area contributed by atoms with Crippen LogP contribution in [-0.4, -0.2) is 76.0 Å². The molecule has 12 nitrogen and oxygen atoms in total. The second-order valence-corrected chi connectivity index (χ2v) is 26.5. The first kappa shape index (κ1) is 50.8. The fourth-order valence-electron chi connectivity index (χ4n) is 7.66. The predicted octanol–water partition coefficient (Wildman–Crippen LogP) is 8.45. The van der Waals surface area contributed by atoms with Crippen LogP contribution >= 0.6 is 0 Å². The Balaban J connectivity index is 3.69. The van der Waals surface area contributed by atoms with Gasteiger partial charge in [-0.15, -0.1) is 0 Å². The molecule has 15 heteroatoms. The summed E-state index contributed by atoms with van der Waals surface area (Å²) in [5.74, 6) is 0. The minimum atomic E-state index is -2.64. The van der Waals surface area contributed by atoms with E-state index in [1.165, 1.54) is 13.7 Å². The Bertz CT molecular complexity index is 1150. The summed E-state index contributed by atoms with van der Waals surface area (Å²) in [4.78, 5) is 42.5. The average Bonchev–Trinajstić information content (AvgIpc) is 3.00. The highest BCUT2D eigenvalue weighted by Crippen LogP contribution is 2.29. The van der Waals surface area contributed by atoms with Crippen molar-refractivity contribution in [3.05, 3.63) is 31.5 Å². The Morgan fingerprint density at radius 1 is 0.370 bits per heavy atom. The van der Waals surface area contributed by atoms with Crippen LogP contribution in [0.2, 0.25) is 36.3 Å². The normalized spacial score (nSPS) is 13.3. The van der Waals surface area contributed by atoms with Crippen molar-refractivity contribution >= 4 is 25.7 Å². The second kappa shape index (κ2) is 24.6. The molecule has 1 aromatic heterocycles. The Kier molecular flexibility index (Phi) is 23.1. The molecule has 0 spiro atoms. The third-order valence-corrected chi connectivity index (χ3v) is 21.3. The Hall–Kier alpha value is -1.18. The van der Waals surface area contributed by atoms with Crippen molar-refractivity contribution in [2.24, 2.45) is 0 Å². The molecule has 0 bridgehead atoms. The van der Waals surface area contributed by atoms with Gasteiger partial charge in [0.1, 0.15) is 0 Å². The SMILES string of the molecule is CCC[Si](CCCn1c(=O)n(CCC[Si](CCC)(OC(C)C)OC(C)C)c(=O)n(CCC[Si](CCC)(OC(C)C)OC(C)C)c1=O)(OC(C)C)OC(C)C. The lowest BCUT2D eigenvalue weighted by Gasteiger charge is -2.34. The molecular weight excluding hydrogens is 739 g/mol. The van der Waals surface area contributed by atoms with Gasteiger partial charge < -0.3 is 26.6 Å². The first-order valence-electron chi connectivity index (χ1n) is 21.2. The summed E-state index contributed by atoms with van der Waals surface area (Å²) in [6.07, 6.45) is 4.27. The molecule has 0 N–H and O–H groups in total. The van der Waals surface area contributed by atoms with Gasteiger partial charge in [0.15, 0.2) is 0 Å². The molecule has 0 aromatic carbocycles. The van der Waals surface area contributed by atoms with Crippen LogP contribution < -0.4 is 17.1 Å². The first-order chi connectivity index (χ1) is 25.2. The van der Waals surface area contributed by atoms with Crippen molar-refractivity contribution in [2.75, 3.05) is 0 Å². The summed E-state index contributed by atoms with van der Waals surface area (Å²) >= 11 is 0. The summed E-state index contributed by atoms with van der Waals surface area (Å²) in [6.45, 7) is 31.1. The van der Waals surface area contributed by atoms with E-state index < -0.39 is 42.8 Å². The van der Waals surface area contributed by atoms with Crippen LogP contribution in [-0.2, 0) is 46.2 Å². The van der Waals surface area contributed by atoms with Crippen molar-refractivity contribution in [1.82, 2.24) is 13.7 Å². The van der Waals surface area contributed by atoms with E-state index in [2.05, 4.69) is 20.8 Å². The number of nitrogens with zero attached hydrogens (tertiary/aromatic N) is 3. The lowest BCUT2D eigenvalue weighted by Crippen LogP contribution is -2.55. The fraction of sp³-hybridized carbons (Fsp3) is 0.923. The first-order valence-corrected chi connectivity index (χ1v) is 27.9. The minimum absolute atomic E-state index is 0.00530. The lowest BCUT2D eigenvalue weighted by molar-refractivity contribution is 0.102. The van der Waals surface area contributed by atoms with Crippen LogP contribution in [0, 0.1) is 0 Å². The van der Waals surface area contributed by atoms with Gasteiger partial charge in [-0.3, -0.25) is 0 Å². The van der Waals surface area contributed by atoms with E-state index in [4.69, 9.17) is 26.6 Å².